The van der Waals surface area contributed by atoms with Gasteiger partial charge in [0.25, 0.3) is 0 Å². The third-order valence-electron chi connectivity index (χ3n) is 3.45. The Labute approximate surface area is 89.8 Å². The number of rotatable bonds is 7. The summed E-state index contributed by atoms with van der Waals surface area (Å²) in [5.74, 6) is 0.994. The molecular formula is C14H26. The van der Waals surface area contributed by atoms with E-state index in [2.05, 4.69) is 13.5 Å². The van der Waals surface area contributed by atoms with Gasteiger partial charge in [0.15, 0.2) is 0 Å². The minimum absolute atomic E-state index is 0.994. The van der Waals surface area contributed by atoms with Crippen molar-refractivity contribution in [2.45, 2.75) is 71.1 Å². The van der Waals surface area contributed by atoms with Crippen LogP contribution in [0.4, 0.5) is 0 Å². The summed E-state index contributed by atoms with van der Waals surface area (Å²) in [6.45, 7) is 6.36. The van der Waals surface area contributed by atoms with Gasteiger partial charge in [-0.25, -0.2) is 0 Å². The number of hydrogen-bond acceptors (Lipinski definition) is 0. The summed E-state index contributed by atoms with van der Waals surface area (Å²) >= 11 is 0. The van der Waals surface area contributed by atoms with E-state index in [9.17, 15) is 0 Å². The van der Waals surface area contributed by atoms with Gasteiger partial charge in [0.1, 0.15) is 0 Å². The second-order valence-corrected chi connectivity index (χ2v) is 4.92. The molecule has 0 spiro atoms. The van der Waals surface area contributed by atoms with E-state index in [4.69, 9.17) is 0 Å². The molecule has 0 aromatic carbocycles. The molecular weight excluding hydrogens is 168 g/mol. The van der Waals surface area contributed by atoms with Crippen LogP contribution < -0.4 is 0 Å². The average molecular weight is 194 g/mol. The Morgan fingerprint density at radius 3 is 2.50 bits per heavy atom. The Bertz CT molecular complexity index is 157. The summed E-state index contributed by atoms with van der Waals surface area (Å²) in [6.07, 6.45) is 14.1. The molecule has 0 aromatic heterocycles. The zero-order chi connectivity index (χ0) is 10.2. The molecule has 0 heteroatoms. The summed E-state index contributed by atoms with van der Waals surface area (Å²) in [6, 6.07) is 0. The van der Waals surface area contributed by atoms with Crippen molar-refractivity contribution in [3.05, 3.63) is 12.2 Å². The predicted octanol–water partition coefficient (Wildman–Crippen LogP) is 5.09. The highest BCUT2D eigenvalue weighted by molar-refractivity contribution is 5.01. The Kier molecular flexibility index (Phi) is 5.98. The normalized spacial score (nSPS) is 21.8. The third kappa shape index (κ3) is 4.83. The molecule has 0 aliphatic heterocycles. The Balaban J connectivity index is 1.86. The van der Waals surface area contributed by atoms with Gasteiger partial charge in [-0.2, -0.15) is 0 Å². The molecule has 0 N–H and O–H groups in total. The lowest BCUT2D eigenvalue weighted by Gasteiger charge is -2.07. The fourth-order valence-corrected chi connectivity index (χ4v) is 2.48. The van der Waals surface area contributed by atoms with Crippen LogP contribution in [0, 0.1) is 5.92 Å². The maximum Gasteiger partial charge on any atom is -0.0294 e. The Hall–Kier alpha value is -0.260. The van der Waals surface area contributed by atoms with Gasteiger partial charge in [0, 0.05) is 0 Å². The number of unbranched alkanes of at least 4 members (excludes halogenated alkanes) is 5. The van der Waals surface area contributed by atoms with E-state index < -0.39 is 0 Å². The molecule has 82 valence electrons. The molecule has 1 rings (SSSR count). The van der Waals surface area contributed by atoms with Crippen molar-refractivity contribution in [3.8, 4) is 0 Å². The van der Waals surface area contributed by atoms with Gasteiger partial charge in [-0.15, -0.1) is 0 Å². The average Bonchev–Trinajstić information content (AvgIpc) is 2.58. The van der Waals surface area contributed by atoms with Crippen molar-refractivity contribution < 1.29 is 0 Å². The van der Waals surface area contributed by atoms with E-state index in [-0.39, 0.29) is 0 Å². The molecule has 0 bridgehead atoms. The van der Waals surface area contributed by atoms with Gasteiger partial charge < -0.3 is 0 Å². The number of allylic oxidation sites excluding steroid dienone is 1. The van der Waals surface area contributed by atoms with Crippen molar-refractivity contribution in [1.82, 2.24) is 0 Å². The van der Waals surface area contributed by atoms with Crippen LogP contribution in [-0.4, -0.2) is 0 Å². The van der Waals surface area contributed by atoms with Gasteiger partial charge in [-0.05, 0) is 25.2 Å². The van der Waals surface area contributed by atoms with E-state index in [1.54, 1.807) is 0 Å². The first-order valence-electron chi connectivity index (χ1n) is 6.49. The van der Waals surface area contributed by atoms with Crippen LogP contribution in [0.5, 0.6) is 0 Å². The highest BCUT2D eigenvalue weighted by Crippen LogP contribution is 2.32. The van der Waals surface area contributed by atoms with Gasteiger partial charge >= 0.3 is 0 Å². The van der Waals surface area contributed by atoms with Crippen molar-refractivity contribution in [2.24, 2.45) is 5.92 Å². The van der Waals surface area contributed by atoms with E-state index >= 15 is 0 Å². The van der Waals surface area contributed by atoms with Gasteiger partial charge in [0.2, 0.25) is 0 Å². The quantitative estimate of drug-likeness (QED) is 0.391. The van der Waals surface area contributed by atoms with Gasteiger partial charge in [0.05, 0.1) is 0 Å². The highest BCUT2D eigenvalue weighted by Gasteiger charge is 2.16. The van der Waals surface area contributed by atoms with Crippen LogP contribution in [0.3, 0.4) is 0 Å². The van der Waals surface area contributed by atoms with Crippen LogP contribution in [0.1, 0.15) is 71.1 Å². The van der Waals surface area contributed by atoms with Crippen LogP contribution in [0.2, 0.25) is 0 Å². The van der Waals surface area contributed by atoms with Crippen molar-refractivity contribution >= 4 is 0 Å². The van der Waals surface area contributed by atoms with Crippen LogP contribution in [0.15, 0.2) is 12.2 Å². The Morgan fingerprint density at radius 2 is 1.86 bits per heavy atom. The van der Waals surface area contributed by atoms with E-state index in [1.807, 2.05) is 0 Å². The zero-order valence-corrected chi connectivity index (χ0v) is 9.86. The second-order valence-electron chi connectivity index (χ2n) is 4.92. The van der Waals surface area contributed by atoms with E-state index in [0.29, 0.717) is 0 Å². The van der Waals surface area contributed by atoms with Crippen molar-refractivity contribution in [1.29, 1.82) is 0 Å². The van der Waals surface area contributed by atoms with Crippen LogP contribution in [0.25, 0.3) is 0 Å². The number of hydrogen-bond donors (Lipinski definition) is 0. The third-order valence-corrected chi connectivity index (χ3v) is 3.45. The summed E-state index contributed by atoms with van der Waals surface area (Å²) in [7, 11) is 0. The maximum absolute atomic E-state index is 4.07. The lowest BCUT2D eigenvalue weighted by Crippen LogP contribution is -1.92. The molecule has 0 nitrogen and oxygen atoms in total. The molecule has 0 radical (unpaired) electrons. The SMILES string of the molecule is C=C1CC[C@H](CCCCCCCC)C1. The van der Waals surface area contributed by atoms with Crippen LogP contribution >= 0.6 is 0 Å². The van der Waals surface area contributed by atoms with Crippen LogP contribution in [-0.2, 0) is 0 Å². The molecule has 0 aromatic rings. The molecule has 1 fully saturated rings. The molecule has 0 unspecified atom stereocenters. The standard InChI is InChI=1S/C14H26/c1-3-4-5-6-7-8-9-14-11-10-13(2)12-14/h14H,2-12H2,1H3/t14-/m0/s1. The zero-order valence-electron chi connectivity index (χ0n) is 9.86. The second kappa shape index (κ2) is 7.09. The smallest absolute Gasteiger partial charge is 0.0294 e. The van der Waals surface area contributed by atoms with Gasteiger partial charge in [-0.3, -0.25) is 0 Å². The summed E-state index contributed by atoms with van der Waals surface area (Å²) in [5.41, 5.74) is 1.50. The van der Waals surface area contributed by atoms with Crippen molar-refractivity contribution in [3.63, 3.8) is 0 Å². The first kappa shape index (κ1) is 11.8. The first-order valence-corrected chi connectivity index (χ1v) is 6.49. The van der Waals surface area contributed by atoms with E-state index in [1.165, 1.54) is 69.8 Å². The van der Waals surface area contributed by atoms with Gasteiger partial charge in [-0.1, -0.05) is 64.0 Å². The summed E-state index contributed by atoms with van der Waals surface area (Å²) in [4.78, 5) is 0. The lowest BCUT2D eigenvalue weighted by atomic mass is 9.99. The molecule has 1 atom stereocenters. The van der Waals surface area contributed by atoms with Crippen molar-refractivity contribution in [2.75, 3.05) is 0 Å². The minimum atomic E-state index is 0.994. The topological polar surface area (TPSA) is 0 Å². The lowest BCUT2D eigenvalue weighted by molar-refractivity contribution is 0.467. The minimum Gasteiger partial charge on any atom is -0.0999 e. The molecule has 14 heavy (non-hydrogen) atoms. The molecule has 1 aliphatic carbocycles. The molecule has 0 saturated heterocycles. The summed E-state index contributed by atoms with van der Waals surface area (Å²) < 4.78 is 0. The molecule has 1 aliphatic rings. The highest BCUT2D eigenvalue weighted by atomic mass is 14.2. The fourth-order valence-electron chi connectivity index (χ4n) is 2.48. The molecule has 1 saturated carbocycles. The fraction of sp³-hybridized carbons (Fsp3) is 0.857. The molecule has 0 amide bonds. The summed E-state index contributed by atoms with van der Waals surface area (Å²) in [5, 5.41) is 0. The monoisotopic (exact) mass is 194 g/mol. The van der Waals surface area contributed by atoms with E-state index in [0.717, 1.165) is 5.92 Å². The Morgan fingerprint density at radius 1 is 1.14 bits per heavy atom. The molecule has 0 heterocycles. The largest absolute Gasteiger partial charge is 0.0999 e. The first-order chi connectivity index (χ1) is 6.83. The maximum atomic E-state index is 4.07. The predicted molar refractivity (Wildman–Crippen MR) is 64.5 cm³/mol.